The molecule has 1 amide bonds. The summed E-state index contributed by atoms with van der Waals surface area (Å²) in [6.07, 6.45) is 1.47. The average molecular weight is 248 g/mol. The van der Waals surface area contributed by atoms with Gasteiger partial charge in [-0.25, -0.2) is 0 Å². The second-order valence-electron chi connectivity index (χ2n) is 5.10. The van der Waals surface area contributed by atoms with Crippen molar-refractivity contribution < 1.29 is 4.79 Å². The number of benzene rings is 1. The molecular weight excluding hydrogens is 224 g/mol. The second-order valence-corrected chi connectivity index (χ2v) is 5.10. The van der Waals surface area contributed by atoms with Gasteiger partial charge in [-0.15, -0.1) is 0 Å². The molecule has 3 heteroatoms. The molecule has 0 aliphatic heterocycles. The van der Waals surface area contributed by atoms with Crippen molar-refractivity contribution in [2.45, 2.75) is 32.6 Å². The summed E-state index contributed by atoms with van der Waals surface area (Å²) in [6.45, 7) is 5.21. The zero-order chi connectivity index (χ0) is 13.5. The lowest BCUT2D eigenvalue weighted by molar-refractivity contribution is -0.128. The van der Waals surface area contributed by atoms with Crippen molar-refractivity contribution in [3.05, 3.63) is 29.8 Å². The molecule has 0 aliphatic carbocycles. The smallest absolute Gasteiger partial charge is 0.222 e. The van der Waals surface area contributed by atoms with Gasteiger partial charge in [-0.05, 0) is 30.0 Å². The summed E-state index contributed by atoms with van der Waals surface area (Å²) < 4.78 is 0. The van der Waals surface area contributed by atoms with Crippen LogP contribution >= 0.6 is 0 Å². The van der Waals surface area contributed by atoms with Crippen LogP contribution in [0.15, 0.2) is 24.3 Å². The highest BCUT2D eigenvalue weighted by Crippen LogP contribution is 2.18. The fourth-order valence-corrected chi connectivity index (χ4v) is 1.70. The van der Waals surface area contributed by atoms with E-state index < -0.39 is 0 Å². The van der Waals surface area contributed by atoms with Crippen molar-refractivity contribution in [2.24, 2.45) is 0 Å². The minimum Gasteiger partial charge on any atom is -0.385 e. The summed E-state index contributed by atoms with van der Waals surface area (Å²) >= 11 is 0. The standard InChI is InChI=1S/C15H24N2O/c1-12(2)13-7-5-8-14(11-13)16-10-6-9-15(18)17(3)4/h5,7-8,11-12,16H,6,9-10H2,1-4H3. The third-order valence-corrected chi connectivity index (χ3v) is 2.95. The Morgan fingerprint density at radius 2 is 2.06 bits per heavy atom. The van der Waals surface area contributed by atoms with Crippen LogP contribution in [0.4, 0.5) is 5.69 Å². The van der Waals surface area contributed by atoms with Gasteiger partial charge in [0.05, 0.1) is 0 Å². The summed E-state index contributed by atoms with van der Waals surface area (Å²) in [6, 6.07) is 8.46. The first-order chi connectivity index (χ1) is 8.50. The summed E-state index contributed by atoms with van der Waals surface area (Å²) in [5, 5.41) is 3.36. The molecule has 0 heterocycles. The molecule has 1 rings (SSSR count). The Morgan fingerprint density at radius 1 is 1.33 bits per heavy atom. The monoisotopic (exact) mass is 248 g/mol. The third kappa shape index (κ3) is 4.78. The number of hydrogen-bond acceptors (Lipinski definition) is 2. The van der Waals surface area contributed by atoms with E-state index in [9.17, 15) is 4.79 Å². The Labute approximate surface area is 110 Å². The van der Waals surface area contributed by atoms with Crippen LogP contribution in [0.2, 0.25) is 0 Å². The number of amides is 1. The SMILES string of the molecule is CC(C)c1cccc(NCCCC(=O)N(C)C)c1. The van der Waals surface area contributed by atoms with E-state index in [0.29, 0.717) is 12.3 Å². The predicted octanol–water partition coefficient (Wildman–Crippen LogP) is 3.09. The number of nitrogens with zero attached hydrogens (tertiary/aromatic N) is 1. The molecular formula is C15H24N2O. The van der Waals surface area contributed by atoms with Gasteiger partial charge in [0, 0.05) is 32.7 Å². The van der Waals surface area contributed by atoms with Gasteiger partial charge in [0.1, 0.15) is 0 Å². The fraction of sp³-hybridized carbons (Fsp3) is 0.533. The van der Waals surface area contributed by atoms with Gasteiger partial charge in [0.15, 0.2) is 0 Å². The minimum atomic E-state index is 0.188. The minimum absolute atomic E-state index is 0.188. The summed E-state index contributed by atoms with van der Waals surface area (Å²) in [5.41, 5.74) is 2.47. The summed E-state index contributed by atoms with van der Waals surface area (Å²) in [7, 11) is 3.59. The molecule has 0 saturated carbocycles. The molecule has 0 atom stereocenters. The lowest BCUT2D eigenvalue weighted by atomic mass is 10.0. The first kappa shape index (κ1) is 14.6. The predicted molar refractivity (Wildman–Crippen MR) is 76.9 cm³/mol. The van der Waals surface area contributed by atoms with Crippen molar-refractivity contribution in [2.75, 3.05) is 26.0 Å². The van der Waals surface area contributed by atoms with Gasteiger partial charge >= 0.3 is 0 Å². The van der Waals surface area contributed by atoms with Crippen molar-refractivity contribution in [1.29, 1.82) is 0 Å². The van der Waals surface area contributed by atoms with E-state index in [2.05, 4.69) is 43.4 Å². The van der Waals surface area contributed by atoms with E-state index in [1.165, 1.54) is 5.56 Å². The number of anilines is 1. The first-order valence-corrected chi connectivity index (χ1v) is 6.54. The number of nitrogens with one attached hydrogen (secondary N) is 1. The van der Waals surface area contributed by atoms with E-state index in [4.69, 9.17) is 0 Å². The van der Waals surface area contributed by atoms with Crippen LogP contribution < -0.4 is 5.32 Å². The molecule has 0 saturated heterocycles. The fourth-order valence-electron chi connectivity index (χ4n) is 1.70. The molecule has 1 N–H and O–H groups in total. The lowest BCUT2D eigenvalue weighted by Crippen LogP contribution is -2.22. The molecule has 18 heavy (non-hydrogen) atoms. The molecule has 3 nitrogen and oxygen atoms in total. The highest BCUT2D eigenvalue weighted by molar-refractivity contribution is 5.75. The van der Waals surface area contributed by atoms with Crippen molar-refractivity contribution in [1.82, 2.24) is 4.90 Å². The number of carbonyl (C=O) groups is 1. The largest absolute Gasteiger partial charge is 0.385 e. The Morgan fingerprint density at radius 3 is 2.67 bits per heavy atom. The van der Waals surface area contributed by atoms with Crippen molar-refractivity contribution in [3.8, 4) is 0 Å². The number of rotatable bonds is 6. The van der Waals surface area contributed by atoms with E-state index >= 15 is 0 Å². The number of carbonyl (C=O) groups excluding carboxylic acids is 1. The van der Waals surface area contributed by atoms with Crippen molar-refractivity contribution >= 4 is 11.6 Å². The maximum absolute atomic E-state index is 11.4. The molecule has 1 aromatic rings. The zero-order valence-electron chi connectivity index (χ0n) is 11.9. The normalized spacial score (nSPS) is 10.5. The van der Waals surface area contributed by atoms with Crippen LogP contribution in [0.5, 0.6) is 0 Å². The molecule has 0 bridgehead atoms. The van der Waals surface area contributed by atoms with Gasteiger partial charge < -0.3 is 10.2 Å². The second kappa shape index (κ2) is 7.04. The van der Waals surface area contributed by atoms with Gasteiger partial charge in [-0.1, -0.05) is 26.0 Å². The van der Waals surface area contributed by atoms with Crippen LogP contribution in [-0.2, 0) is 4.79 Å². The van der Waals surface area contributed by atoms with Gasteiger partial charge in [0.25, 0.3) is 0 Å². The van der Waals surface area contributed by atoms with E-state index in [1.807, 2.05) is 0 Å². The lowest BCUT2D eigenvalue weighted by Gasteiger charge is -2.12. The van der Waals surface area contributed by atoms with Gasteiger partial charge in [-0.2, -0.15) is 0 Å². The van der Waals surface area contributed by atoms with Crippen LogP contribution in [0.1, 0.15) is 38.2 Å². The van der Waals surface area contributed by atoms with E-state index in [-0.39, 0.29) is 5.91 Å². The van der Waals surface area contributed by atoms with Crippen LogP contribution in [0, 0.1) is 0 Å². The van der Waals surface area contributed by atoms with Crippen LogP contribution in [0.25, 0.3) is 0 Å². The topological polar surface area (TPSA) is 32.3 Å². The molecule has 100 valence electrons. The highest BCUT2D eigenvalue weighted by atomic mass is 16.2. The third-order valence-electron chi connectivity index (χ3n) is 2.95. The highest BCUT2D eigenvalue weighted by Gasteiger charge is 2.03. The molecule has 0 unspecified atom stereocenters. The van der Waals surface area contributed by atoms with Crippen LogP contribution in [-0.4, -0.2) is 31.4 Å². The van der Waals surface area contributed by atoms with Gasteiger partial charge in [-0.3, -0.25) is 4.79 Å². The molecule has 0 spiro atoms. The average Bonchev–Trinajstić information content (AvgIpc) is 2.34. The Kier molecular flexibility index (Phi) is 5.69. The van der Waals surface area contributed by atoms with E-state index in [1.54, 1.807) is 19.0 Å². The maximum atomic E-state index is 11.4. The number of hydrogen-bond donors (Lipinski definition) is 1. The van der Waals surface area contributed by atoms with Crippen molar-refractivity contribution in [3.63, 3.8) is 0 Å². The Hall–Kier alpha value is -1.51. The summed E-state index contributed by atoms with van der Waals surface area (Å²) in [5.74, 6) is 0.731. The Balaban J connectivity index is 2.35. The molecule has 0 aromatic heterocycles. The summed E-state index contributed by atoms with van der Waals surface area (Å²) in [4.78, 5) is 13.0. The van der Waals surface area contributed by atoms with Gasteiger partial charge in [0.2, 0.25) is 5.91 Å². The molecule has 0 fully saturated rings. The quantitative estimate of drug-likeness (QED) is 0.785. The molecule has 1 aromatic carbocycles. The maximum Gasteiger partial charge on any atom is 0.222 e. The van der Waals surface area contributed by atoms with Crippen LogP contribution in [0.3, 0.4) is 0 Å². The first-order valence-electron chi connectivity index (χ1n) is 6.54. The molecule has 0 radical (unpaired) electrons. The molecule has 0 aliphatic rings. The zero-order valence-corrected chi connectivity index (χ0v) is 11.9. The Bertz CT molecular complexity index is 386. The van der Waals surface area contributed by atoms with E-state index in [0.717, 1.165) is 18.7 Å².